The number of hydrogen-bond donors (Lipinski definition) is 1. The van der Waals surface area contributed by atoms with E-state index in [9.17, 15) is 13.2 Å². The highest BCUT2D eigenvalue weighted by atomic mass is 19.4. The molecule has 0 unspecified atom stereocenters. The summed E-state index contributed by atoms with van der Waals surface area (Å²) in [6.07, 6.45) is -2.52. The lowest BCUT2D eigenvalue weighted by atomic mass is 10.1. The van der Waals surface area contributed by atoms with Crippen LogP contribution in [0.1, 0.15) is 25.0 Å². The largest absolute Gasteiger partial charge is 0.416 e. The molecule has 94 valence electrons. The number of benzene rings is 1. The molecule has 0 saturated heterocycles. The van der Waals surface area contributed by atoms with Gasteiger partial charge in [-0.3, -0.25) is 0 Å². The van der Waals surface area contributed by atoms with Crippen molar-refractivity contribution in [2.75, 3.05) is 13.1 Å². The lowest BCUT2D eigenvalue weighted by Gasteiger charge is -2.07. The predicted octanol–water partition coefficient (Wildman–Crippen LogP) is 3.72. The van der Waals surface area contributed by atoms with Crippen LogP contribution in [0.3, 0.4) is 0 Å². The molecule has 4 heteroatoms. The maximum atomic E-state index is 12.5. The number of nitrogens with one attached hydrogen (secondary N) is 1. The minimum atomic E-state index is -4.28. The quantitative estimate of drug-likeness (QED) is 0.849. The van der Waals surface area contributed by atoms with E-state index in [-0.39, 0.29) is 0 Å². The zero-order chi connectivity index (χ0) is 12.9. The van der Waals surface area contributed by atoms with Crippen LogP contribution in [0, 0.1) is 0 Å². The SMILES string of the molecule is CCNCC(C)=Cc1cccc(C(F)(F)F)c1. The number of halogens is 3. The molecule has 17 heavy (non-hydrogen) atoms. The van der Waals surface area contributed by atoms with E-state index in [1.165, 1.54) is 6.07 Å². The highest BCUT2D eigenvalue weighted by Gasteiger charge is 2.30. The van der Waals surface area contributed by atoms with E-state index in [4.69, 9.17) is 0 Å². The van der Waals surface area contributed by atoms with Gasteiger partial charge in [-0.25, -0.2) is 0 Å². The zero-order valence-corrected chi connectivity index (χ0v) is 9.93. The average Bonchev–Trinajstić information content (AvgIpc) is 2.25. The van der Waals surface area contributed by atoms with Crippen LogP contribution >= 0.6 is 0 Å². The molecule has 1 nitrogen and oxygen atoms in total. The van der Waals surface area contributed by atoms with Crippen molar-refractivity contribution in [1.82, 2.24) is 5.32 Å². The van der Waals surface area contributed by atoms with E-state index < -0.39 is 11.7 Å². The van der Waals surface area contributed by atoms with Gasteiger partial charge < -0.3 is 5.32 Å². The predicted molar refractivity (Wildman–Crippen MR) is 63.6 cm³/mol. The first-order valence-corrected chi connectivity index (χ1v) is 5.48. The van der Waals surface area contributed by atoms with Crippen LogP contribution in [0.2, 0.25) is 0 Å². The molecule has 1 aromatic rings. The first-order valence-electron chi connectivity index (χ1n) is 5.48. The van der Waals surface area contributed by atoms with Crippen molar-refractivity contribution in [2.24, 2.45) is 0 Å². The number of rotatable bonds is 4. The summed E-state index contributed by atoms with van der Waals surface area (Å²) in [7, 11) is 0. The smallest absolute Gasteiger partial charge is 0.313 e. The molecular formula is C13H16F3N. The van der Waals surface area contributed by atoms with Gasteiger partial charge in [0.1, 0.15) is 0 Å². The Labute approximate surface area is 99.3 Å². The summed E-state index contributed by atoms with van der Waals surface area (Å²) in [4.78, 5) is 0. The van der Waals surface area contributed by atoms with Crippen molar-refractivity contribution in [2.45, 2.75) is 20.0 Å². The molecule has 0 amide bonds. The van der Waals surface area contributed by atoms with Crippen molar-refractivity contribution in [3.63, 3.8) is 0 Å². The zero-order valence-electron chi connectivity index (χ0n) is 9.93. The Hall–Kier alpha value is -1.29. The molecule has 0 radical (unpaired) electrons. The third-order valence-electron chi connectivity index (χ3n) is 2.28. The highest BCUT2D eigenvalue weighted by Crippen LogP contribution is 2.29. The molecule has 1 aromatic carbocycles. The summed E-state index contributed by atoms with van der Waals surface area (Å²) < 4.78 is 37.4. The fraction of sp³-hybridized carbons (Fsp3) is 0.385. The molecule has 1 N–H and O–H groups in total. The van der Waals surface area contributed by atoms with Gasteiger partial charge in [0.25, 0.3) is 0 Å². The van der Waals surface area contributed by atoms with Gasteiger partial charge in [0.15, 0.2) is 0 Å². The monoisotopic (exact) mass is 243 g/mol. The highest BCUT2D eigenvalue weighted by molar-refractivity contribution is 5.53. The van der Waals surface area contributed by atoms with Gasteiger partial charge >= 0.3 is 6.18 Å². The van der Waals surface area contributed by atoms with Crippen molar-refractivity contribution >= 4 is 6.08 Å². The Kier molecular flexibility index (Phi) is 4.75. The van der Waals surface area contributed by atoms with E-state index in [2.05, 4.69) is 5.32 Å². The number of likely N-dealkylation sites (N-methyl/N-ethyl adjacent to an activating group) is 1. The molecule has 0 atom stereocenters. The maximum absolute atomic E-state index is 12.5. The van der Waals surface area contributed by atoms with Crippen LogP contribution < -0.4 is 5.32 Å². The van der Waals surface area contributed by atoms with E-state index in [1.807, 2.05) is 13.8 Å². The molecule has 0 aliphatic rings. The molecule has 0 bridgehead atoms. The first kappa shape index (κ1) is 13.8. The Morgan fingerprint density at radius 1 is 1.35 bits per heavy atom. The van der Waals surface area contributed by atoms with E-state index >= 15 is 0 Å². The molecule has 0 saturated carbocycles. The minimum Gasteiger partial charge on any atom is -0.313 e. The molecular weight excluding hydrogens is 227 g/mol. The fourth-order valence-corrected chi connectivity index (χ4v) is 1.46. The summed E-state index contributed by atoms with van der Waals surface area (Å²) in [5.41, 5.74) is 0.976. The Morgan fingerprint density at radius 3 is 2.65 bits per heavy atom. The van der Waals surface area contributed by atoms with Gasteiger partial charge in [-0.15, -0.1) is 0 Å². The van der Waals surface area contributed by atoms with Gasteiger partial charge in [0, 0.05) is 6.54 Å². The standard InChI is InChI=1S/C13H16F3N/c1-3-17-9-10(2)7-11-5-4-6-12(8-11)13(14,15)16/h4-8,17H,3,9H2,1-2H3. The summed E-state index contributed by atoms with van der Waals surface area (Å²) in [6.45, 7) is 5.40. The lowest BCUT2D eigenvalue weighted by molar-refractivity contribution is -0.137. The molecule has 0 aliphatic carbocycles. The topological polar surface area (TPSA) is 12.0 Å². The van der Waals surface area contributed by atoms with Crippen molar-refractivity contribution in [3.05, 3.63) is 41.0 Å². The molecule has 1 rings (SSSR count). The summed E-state index contributed by atoms with van der Waals surface area (Å²) in [6, 6.07) is 5.34. The third kappa shape index (κ3) is 4.61. The molecule has 0 spiro atoms. The van der Waals surface area contributed by atoms with Gasteiger partial charge in [-0.1, -0.05) is 30.7 Å². The Bertz CT molecular complexity index is 394. The molecule has 0 fully saturated rings. The second kappa shape index (κ2) is 5.87. The van der Waals surface area contributed by atoms with Gasteiger partial charge in [-0.2, -0.15) is 13.2 Å². The average molecular weight is 243 g/mol. The fourth-order valence-electron chi connectivity index (χ4n) is 1.46. The van der Waals surface area contributed by atoms with Crippen molar-refractivity contribution in [1.29, 1.82) is 0 Å². The van der Waals surface area contributed by atoms with Crippen LogP contribution in [0.4, 0.5) is 13.2 Å². The Balaban J connectivity index is 2.85. The van der Waals surface area contributed by atoms with E-state index in [0.29, 0.717) is 12.1 Å². The van der Waals surface area contributed by atoms with Gasteiger partial charge in [-0.05, 0) is 31.2 Å². The van der Waals surface area contributed by atoms with Crippen LogP contribution in [-0.4, -0.2) is 13.1 Å². The minimum absolute atomic E-state index is 0.579. The second-order valence-corrected chi connectivity index (χ2v) is 3.89. The first-order chi connectivity index (χ1) is 7.93. The maximum Gasteiger partial charge on any atom is 0.416 e. The van der Waals surface area contributed by atoms with Crippen LogP contribution in [0.5, 0.6) is 0 Å². The molecule has 0 heterocycles. The Morgan fingerprint density at radius 2 is 2.06 bits per heavy atom. The summed E-state index contributed by atoms with van der Waals surface area (Å²) in [5.74, 6) is 0. The molecule has 0 aromatic heterocycles. The van der Waals surface area contributed by atoms with E-state index in [1.54, 1.807) is 12.1 Å². The number of hydrogen-bond acceptors (Lipinski definition) is 1. The summed E-state index contributed by atoms with van der Waals surface area (Å²) in [5, 5.41) is 3.12. The summed E-state index contributed by atoms with van der Waals surface area (Å²) >= 11 is 0. The lowest BCUT2D eigenvalue weighted by Crippen LogP contribution is -2.14. The van der Waals surface area contributed by atoms with Crippen molar-refractivity contribution in [3.8, 4) is 0 Å². The van der Waals surface area contributed by atoms with E-state index in [0.717, 1.165) is 24.3 Å². The third-order valence-corrected chi connectivity index (χ3v) is 2.28. The number of alkyl halides is 3. The van der Waals surface area contributed by atoms with Crippen LogP contribution in [0.25, 0.3) is 6.08 Å². The van der Waals surface area contributed by atoms with Crippen LogP contribution in [-0.2, 0) is 6.18 Å². The van der Waals surface area contributed by atoms with Crippen LogP contribution in [0.15, 0.2) is 29.8 Å². The van der Waals surface area contributed by atoms with Gasteiger partial charge in [0.05, 0.1) is 5.56 Å². The molecule has 0 aliphatic heterocycles. The second-order valence-electron chi connectivity index (χ2n) is 3.89. The van der Waals surface area contributed by atoms with Gasteiger partial charge in [0.2, 0.25) is 0 Å². The van der Waals surface area contributed by atoms with Crippen molar-refractivity contribution < 1.29 is 13.2 Å². The normalized spacial score (nSPS) is 12.9.